The van der Waals surface area contributed by atoms with Crippen molar-refractivity contribution in [2.75, 3.05) is 19.3 Å². The van der Waals surface area contributed by atoms with E-state index in [0.717, 1.165) is 5.69 Å². The van der Waals surface area contributed by atoms with Gasteiger partial charge < -0.3 is 15.1 Å². The second-order valence-electron chi connectivity index (χ2n) is 4.03. The number of carbonyl (C=O) groups excluding carboxylic acids is 1. The molecule has 0 bridgehead atoms. The number of aromatic nitrogens is 1. The molecule has 23 heavy (non-hydrogen) atoms. The van der Waals surface area contributed by atoms with E-state index >= 15 is 0 Å². The van der Waals surface area contributed by atoms with E-state index in [1.165, 1.54) is 11.9 Å². The van der Waals surface area contributed by atoms with E-state index < -0.39 is 22.0 Å². The second-order valence-corrected chi connectivity index (χ2v) is 6.08. The molecule has 0 atom stereocenters. The van der Waals surface area contributed by atoms with Gasteiger partial charge >= 0.3 is 11.9 Å². The minimum Gasteiger partial charge on any atom is -0.473 e. The Morgan fingerprint density at radius 2 is 1.91 bits per heavy atom. The lowest BCUT2D eigenvalue weighted by atomic mass is 10.3. The first kappa shape index (κ1) is 20.5. The molecule has 11 heteroatoms. The van der Waals surface area contributed by atoms with Crippen LogP contribution in [0.3, 0.4) is 0 Å². The third-order valence-electron chi connectivity index (χ3n) is 2.38. The van der Waals surface area contributed by atoms with Crippen molar-refractivity contribution < 1.29 is 33.0 Å². The molecule has 0 fully saturated rings. The maximum Gasteiger partial charge on any atom is 0.414 e. The standard InChI is InChI=1S/C10H15N3O3S.C2H2O4/c1-11-17(15,16)7-6-13(9-14)8-10-4-2-3-5-12-10;3-1(4)2(5)6/h2-5,9,11H,6-8H2,1H3;(H,3,4)(H,5,6). The molecule has 0 aliphatic carbocycles. The Bertz CT molecular complexity index is 607. The molecule has 0 unspecified atom stereocenters. The second kappa shape index (κ2) is 10.2. The van der Waals surface area contributed by atoms with Gasteiger partial charge in [-0.1, -0.05) is 6.07 Å². The molecule has 0 spiro atoms. The van der Waals surface area contributed by atoms with Gasteiger partial charge in [0.25, 0.3) is 0 Å². The molecule has 0 aliphatic rings. The summed E-state index contributed by atoms with van der Waals surface area (Å²) in [5.41, 5.74) is 0.724. The molecule has 1 heterocycles. The smallest absolute Gasteiger partial charge is 0.414 e. The van der Waals surface area contributed by atoms with Gasteiger partial charge in [-0.25, -0.2) is 22.7 Å². The van der Waals surface area contributed by atoms with Gasteiger partial charge in [0.2, 0.25) is 16.4 Å². The van der Waals surface area contributed by atoms with Crippen molar-refractivity contribution in [1.82, 2.24) is 14.6 Å². The fourth-order valence-corrected chi connectivity index (χ4v) is 1.89. The average molecular weight is 347 g/mol. The van der Waals surface area contributed by atoms with Gasteiger partial charge in [0, 0.05) is 12.7 Å². The van der Waals surface area contributed by atoms with E-state index in [9.17, 15) is 13.2 Å². The Morgan fingerprint density at radius 3 is 2.30 bits per heavy atom. The minimum atomic E-state index is -3.29. The van der Waals surface area contributed by atoms with Crippen LogP contribution in [-0.2, 0) is 31.0 Å². The minimum absolute atomic E-state index is 0.116. The van der Waals surface area contributed by atoms with E-state index in [4.69, 9.17) is 19.8 Å². The molecule has 0 aromatic carbocycles. The van der Waals surface area contributed by atoms with E-state index in [1.54, 1.807) is 18.3 Å². The van der Waals surface area contributed by atoms with Crippen molar-refractivity contribution in [1.29, 1.82) is 0 Å². The maximum absolute atomic E-state index is 11.2. The summed E-state index contributed by atoms with van der Waals surface area (Å²) in [6, 6.07) is 5.37. The van der Waals surface area contributed by atoms with E-state index in [1.807, 2.05) is 6.07 Å². The highest BCUT2D eigenvalue weighted by molar-refractivity contribution is 7.89. The third-order valence-corrected chi connectivity index (χ3v) is 3.72. The number of carbonyl (C=O) groups is 3. The van der Waals surface area contributed by atoms with Gasteiger partial charge in [-0.15, -0.1) is 0 Å². The number of pyridine rings is 1. The van der Waals surface area contributed by atoms with Crippen LogP contribution in [0.2, 0.25) is 0 Å². The molecule has 1 aromatic rings. The molecule has 10 nitrogen and oxygen atoms in total. The van der Waals surface area contributed by atoms with E-state index in [0.29, 0.717) is 13.0 Å². The maximum atomic E-state index is 11.2. The molecular formula is C12H17N3O7S. The van der Waals surface area contributed by atoms with Crippen LogP contribution in [-0.4, -0.2) is 66.2 Å². The lowest BCUT2D eigenvalue weighted by Crippen LogP contribution is -2.32. The highest BCUT2D eigenvalue weighted by Crippen LogP contribution is 1.99. The number of rotatable bonds is 7. The summed E-state index contributed by atoms with van der Waals surface area (Å²) in [4.78, 5) is 34.4. The zero-order valence-corrected chi connectivity index (χ0v) is 13.1. The molecular weight excluding hydrogens is 330 g/mol. The highest BCUT2D eigenvalue weighted by Gasteiger charge is 2.11. The molecule has 3 N–H and O–H groups in total. The lowest BCUT2D eigenvalue weighted by molar-refractivity contribution is -0.159. The van der Waals surface area contributed by atoms with Crippen LogP contribution in [0, 0.1) is 0 Å². The molecule has 0 aliphatic heterocycles. The molecule has 1 amide bonds. The number of carboxylic acids is 2. The molecule has 0 saturated heterocycles. The molecule has 128 valence electrons. The van der Waals surface area contributed by atoms with Gasteiger partial charge in [-0.05, 0) is 19.2 Å². The SMILES string of the molecule is CNS(=O)(=O)CCN(C=O)Cc1ccccn1.O=C(O)C(=O)O. The molecule has 1 aromatic heterocycles. The fraction of sp³-hybridized carbons (Fsp3) is 0.333. The topological polar surface area (TPSA) is 154 Å². The summed E-state index contributed by atoms with van der Waals surface area (Å²) in [5.74, 6) is -3.76. The van der Waals surface area contributed by atoms with E-state index in [2.05, 4.69) is 9.71 Å². The lowest BCUT2D eigenvalue weighted by Gasteiger charge is -2.16. The number of amides is 1. The van der Waals surface area contributed by atoms with Gasteiger partial charge in [0.05, 0.1) is 18.0 Å². The van der Waals surface area contributed by atoms with Crippen LogP contribution >= 0.6 is 0 Å². The summed E-state index contributed by atoms with van der Waals surface area (Å²) in [7, 11) is -1.94. The third kappa shape index (κ3) is 9.92. The predicted octanol–water partition coefficient (Wildman–Crippen LogP) is -1.26. The van der Waals surface area contributed by atoms with Crippen LogP contribution in [0.1, 0.15) is 5.69 Å². The molecule has 0 radical (unpaired) electrons. The van der Waals surface area contributed by atoms with Crippen molar-refractivity contribution in [3.63, 3.8) is 0 Å². The number of aliphatic carboxylic acids is 2. The monoisotopic (exact) mass is 347 g/mol. The number of sulfonamides is 1. The first-order chi connectivity index (χ1) is 10.7. The van der Waals surface area contributed by atoms with E-state index in [-0.39, 0.29) is 12.3 Å². The number of carboxylic acid groups (broad SMARTS) is 2. The Kier molecular flexibility index (Phi) is 9.11. The van der Waals surface area contributed by atoms with Gasteiger partial charge in [0.1, 0.15) is 0 Å². The first-order valence-electron chi connectivity index (χ1n) is 6.18. The largest absolute Gasteiger partial charge is 0.473 e. The van der Waals surface area contributed by atoms with Crippen LogP contribution < -0.4 is 4.72 Å². The summed E-state index contributed by atoms with van der Waals surface area (Å²) in [6.07, 6.45) is 2.25. The van der Waals surface area contributed by atoms with Gasteiger partial charge in [-0.3, -0.25) is 9.78 Å². The predicted molar refractivity (Wildman–Crippen MR) is 78.8 cm³/mol. The van der Waals surface area contributed by atoms with Crippen molar-refractivity contribution in [3.05, 3.63) is 30.1 Å². The highest BCUT2D eigenvalue weighted by atomic mass is 32.2. The zero-order chi connectivity index (χ0) is 17.9. The number of nitrogens with zero attached hydrogens (tertiary/aromatic N) is 2. The van der Waals surface area contributed by atoms with Crippen LogP contribution in [0.5, 0.6) is 0 Å². The van der Waals surface area contributed by atoms with Crippen molar-refractivity contribution in [2.24, 2.45) is 0 Å². The van der Waals surface area contributed by atoms with Gasteiger partial charge in [0.15, 0.2) is 0 Å². The Morgan fingerprint density at radius 1 is 1.30 bits per heavy atom. The molecule has 1 rings (SSSR count). The summed E-state index contributed by atoms with van der Waals surface area (Å²) < 4.78 is 24.6. The van der Waals surface area contributed by atoms with Crippen LogP contribution in [0.15, 0.2) is 24.4 Å². The fourth-order valence-electron chi connectivity index (χ4n) is 1.21. The van der Waals surface area contributed by atoms with Crippen LogP contribution in [0.4, 0.5) is 0 Å². The van der Waals surface area contributed by atoms with Crippen molar-refractivity contribution in [3.8, 4) is 0 Å². The normalized spacial score (nSPS) is 10.1. The number of nitrogens with one attached hydrogen (secondary N) is 1. The Labute approximate surface area is 132 Å². The summed E-state index contributed by atoms with van der Waals surface area (Å²) >= 11 is 0. The summed E-state index contributed by atoms with van der Waals surface area (Å²) in [6.45, 7) is 0.451. The van der Waals surface area contributed by atoms with Gasteiger partial charge in [-0.2, -0.15) is 0 Å². The van der Waals surface area contributed by atoms with Crippen LogP contribution in [0.25, 0.3) is 0 Å². The first-order valence-corrected chi connectivity index (χ1v) is 7.83. The Balaban J connectivity index is 0.000000688. The van der Waals surface area contributed by atoms with Crippen molar-refractivity contribution in [2.45, 2.75) is 6.54 Å². The molecule has 0 saturated carbocycles. The van der Waals surface area contributed by atoms with Crippen molar-refractivity contribution >= 4 is 28.4 Å². The quantitative estimate of drug-likeness (QED) is 0.408. The summed E-state index contributed by atoms with van der Waals surface area (Å²) in [5, 5.41) is 14.8. The number of hydrogen-bond acceptors (Lipinski definition) is 6. The average Bonchev–Trinajstić information content (AvgIpc) is 2.53. The zero-order valence-electron chi connectivity index (χ0n) is 12.2. The number of hydrogen-bond donors (Lipinski definition) is 3. The Hall–Kier alpha value is -2.53.